The molecule has 1 heterocycles. The number of nitrogens with one attached hydrogen (secondary N) is 1. The summed E-state index contributed by atoms with van der Waals surface area (Å²) in [5.74, 6) is -0.374. The molecule has 0 saturated carbocycles. The van der Waals surface area contributed by atoms with Crippen LogP contribution in [0.2, 0.25) is 5.02 Å². The molecule has 0 saturated heterocycles. The van der Waals surface area contributed by atoms with Crippen LogP contribution in [0.4, 0.5) is 10.1 Å². The molecule has 0 radical (unpaired) electrons. The Kier molecular flexibility index (Phi) is 4.38. The number of oxazole rings is 1. The number of aromatic nitrogens is 1. The SMILES string of the molecule is Cc1ccc2oc(-c3cc(NC(=O)c4ccc(F)cc4)ccc3Cl)nc2c1. The molecule has 0 aliphatic rings. The number of hydrogen-bond donors (Lipinski definition) is 1. The molecule has 6 heteroatoms. The number of halogens is 2. The summed E-state index contributed by atoms with van der Waals surface area (Å²) in [5, 5.41) is 3.22. The highest BCUT2D eigenvalue weighted by Crippen LogP contribution is 2.32. The van der Waals surface area contributed by atoms with Crippen LogP contribution in [-0.2, 0) is 0 Å². The number of aryl methyl sites for hydroxylation is 1. The summed E-state index contributed by atoms with van der Waals surface area (Å²) in [7, 11) is 0. The molecule has 0 atom stereocenters. The van der Waals surface area contributed by atoms with E-state index in [0.29, 0.717) is 33.3 Å². The molecule has 0 unspecified atom stereocenters. The van der Waals surface area contributed by atoms with Gasteiger partial charge in [-0.3, -0.25) is 4.79 Å². The maximum absolute atomic E-state index is 13.0. The lowest BCUT2D eigenvalue weighted by molar-refractivity contribution is 0.102. The van der Waals surface area contributed by atoms with Gasteiger partial charge < -0.3 is 9.73 Å². The second-order valence-electron chi connectivity index (χ2n) is 6.15. The normalized spacial score (nSPS) is 10.9. The van der Waals surface area contributed by atoms with Crippen LogP contribution in [-0.4, -0.2) is 10.9 Å². The molecule has 4 nitrogen and oxygen atoms in total. The van der Waals surface area contributed by atoms with Gasteiger partial charge in [-0.15, -0.1) is 0 Å². The van der Waals surface area contributed by atoms with E-state index in [1.165, 1.54) is 24.3 Å². The fraction of sp³-hybridized carbons (Fsp3) is 0.0476. The van der Waals surface area contributed by atoms with E-state index in [1.54, 1.807) is 18.2 Å². The Balaban J connectivity index is 1.66. The lowest BCUT2D eigenvalue weighted by Crippen LogP contribution is -2.11. The lowest BCUT2D eigenvalue weighted by atomic mass is 10.1. The van der Waals surface area contributed by atoms with Crippen LogP contribution >= 0.6 is 11.6 Å². The van der Waals surface area contributed by atoms with Gasteiger partial charge in [0.15, 0.2) is 5.58 Å². The largest absolute Gasteiger partial charge is 0.436 e. The fourth-order valence-electron chi connectivity index (χ4n) is 2.72. The molecule has 0 bridgehead atoms. The van der Waals surface area contributed by atoms with Gasteiger partial charge in [0.05, 0.1) is 10.6 Å². The summed E-state index contributed by atoms with van der Waals surface area (Å²) in [6.07, 6.45) is 0. The van der Waals surface area contributed by atoms with Gasteiger partial charge in [0.25, 0.3) is 5.91 Å². The summed E-state index contributed by atoms with van der Waals surface area (Å²) in [5.41, 5.74) is 3.93. The topological polar surface area (TPSA) is 55.1 Å². The second-order valence-corrected chi connectivity index (χ2v) is 6.55. The zero-order valence-corrected chi connectivity index (χ0v) is 15.0. The molecule has 27 heavy (non-hydrogen) atoms. The molecule has 0 fully saturated rings. The zero-order chi connectivity index (χ0) is 19.0. The van der Waals surface area contributed by atoms with Crippen LogP contribution in [0, 0.1) is 12.7 Å². The molecule has 0 spiro atoms. The Bertz CT molecular complexity index is 1150. The monoisotopic (exact) mass is 380 g/mol. The summed E-state index contributed by atoms with van der Waals surface area (Å²) < 4.78 is 18.8. The van der Waals surface area contributed by atoms with Crippen LogP contribution in [0.25, 0.3) is 22.6 Å². The van der Waals surface area contributed by atoms with Gasteiger partial charge in [-0.25, -0.2) is 9.37 Å². The first-order chi connectivity index (χ1) is 13.0. The van der Waals surface area contributed by atoms with Crippen LogP contribution in [0.5, 0.6) is 0 Å². The van der Waals surface area contributed by atoms with Crippen molar-refractivity contribution in [3.05, 3.63) is 82.6 Å². The third-order valence-corrected chi connectivity index (χ3v) is 4.43. The third kappa shape index (κ3) is 3.55. The van der Waals surface area contributed by atoms with E-state index < -0.39 is 5.82 Å². The van der Waals surface area contributed by atoms with Crippen molar-refractivity contribution in [1.82, 2.24) is 4.98 Å². The molecule has 134 valence electrons. The number of carbonyl (C=O) groups is 1. The number of fused-ring (bicyclic) bond motifs is 1. The van der Waals surface area contributed by atoms with E-state index >= 15 is 0 Å². The molecule has 0 aliphatic heterocycles. The molecule has 1 N–H and O–H groups in total. The van der Waals surface area contributed by atoms with E-state index in [-0.39, 0.29) is 5.91 Å². The number of hydrogen-bond acceptors (Lipinski definition) is 3. The Labute approximate surface area is 159 Å². The minimum absolute atomic E-state index is 0.350. The fourth-order valence-corrected chi connectivity index (χ4v) is 2.92. The van der Waals surface area contributed by atoms with Crippen molar-refractivity contribution in [2.45, 2.75) is 6.92 Å². The summed E-state index contributed by atoms with van der Waals surface area (Å²) >= 11 is 6.31. The third-order valence-electron chi connectivity index (χ3n) is 4.10. The number of rotatable bonds is 3. The van der Waals surface area contributed by atoms with E-state index in [9.17, 15) is 9.18 Å². The molecule has 0 aliphatic carbocycles. The van der Waals surface area contributed by atoms with Crippen molar-refractivity contribution < 1.29 is 13.6 Å². The van der Waals surface area contributed by atoms with Gasteiger partial charge in [-0.2, -0.15) is 0 Å². The van der Waals surface area contributed by atoms with E-state index in [0.717, 1.165) is 11.1 Å². The van der Waals surface area contributed by atoms with Crippen LogP contribution in [0.1, 0.15) is 15.9 Å². The first-order valence-corrected chi connectivity index (χ1v) is 8.61. The second kappa shape index (κ2) is 6.85. The molecule has 1 aromatic heterocycles. The average Bonchev–Trinajstić information content (AvgIpc) is 3.06. The number of benzene rings is 3. The zero-order valence-electron chi connectivity index (χ0n) is 14.3. The highest BCUT2D eigenvalue weighted by molar-refractivity contribution is 6.33. The van der Waals surface area contributed by atoms with E-state index in [4.69, 9.17) is 16.0 Å². The Morgan fingerprint density at radius 1 is 1.07 bits per heavy atom. The summed E-state index contributed by atoms with van der Waals surface area (Å²) in [4.78, 5) is 16.8. The molecular weight excluding hydrogens is 367 g/mol. The van der Waals surface area contributed by atoms with Crippen molar-refractivity contribution in [3.8, 4) is 11.5 Å². The van der Waals surface area contributed by atoms with Crippen molar-refractivity contribution in [1.29, 1.82) is 0 Å². The number of anilines is 1. The van der Waals surface area contributed by atoms with Crippen molar-refractivity contribution in [2.75, 3.05) is 5.32 Å². The molecule has 1 amide bonds. The summed E-state index contributed by atoms with van der Waals surface area (Å²) in [6, 6.07) is 16.1. The molecular formula is C21H14ClFN2O2. The van der Waals surface area contributed by atoms with Gasteiger partial charge in [-0.05, 0) is 67.1 Å². The Morgan fingerprint density at radius 3 is 2.63 bits per heavy atom. The average molecular weight is 381 g/mol. The predicted octanol–water partition coefficient (Wildman–Crippen LogP) is 5.85. The van der Waals surface area contributed by atoms with Crippen LogP contribution in [0.3, 0.4) is 0 Å². The maximum Gasteiger partial charge on any atom is 0.255 e. The van der Waals surface area contributed by atoms with E-state index in [1.807, 2.05) is 25.1 Å². The van der Waals surface area contributed by atoms with Gasteiger partial charge >= 0.3 is 0 Å². The minimum Gasteiger partial charge on any atom is -0.436 e. The smallest absolute Gasteiger partial charge is 0.255 e. The quantitative estimate of drug-likeness (QED) is 0.485. The summed E-state index contributed by atoms with van der Waals surface area (Å²) in [6.45, 7) is 1.98. The highest BCUT2D eigenvalue weighted by Gasteiger charge is 2.14. The van der Waals surface area contributed by atoms with Gasteiger partial charge in [0.1, 0.15) is 11.3 Å². The van der Waals surface area contributed by atoms with Gasteiger partial charge in [0.2, 0.25) is 5.89 Å². The predicted molar refractivity (Wildman–Crippen MR) is 104 cm³/mol. The first kappa shape index (κ1) is 17.2. The molecule has 4 aromatic rings. The standard InChI is InChI=1S/C21H14ClFN2O2/c1-12-2-9-19-18(10-12)25-21(27-19)16-11-15(7-8-17(16)22)24-20(26)13-3-5-14(23)6-4-13/h2-11H,1H3,(H,24,26). The minimum atomic E-state index is -0.397. The van der Waals surface area contributed by atoms with Gasteiger partial charge in [0, 0.05) is 11.3 Å². The highest BCUT2D eigenvalue weighted by atomic mass is 35.5. The molecule has 4 rings (SSSR count). The number of amides is 1. The van der Waals surface area contributed by atoms with Crippen molar-refractivity contribution >= 4 is 34.3 Å². The van der Waals surface area contributed by atoms with Crippen LogP contribution in [0.15, 0.2) is 65.1 Å². The number of nitrogens with zero attached hydrogens (tertiary/aromatic N) is 1. The van der Waals surface area contributed by atoms with Crippen molar-refractivity contribution in [3.63, 3.8) is 0 Å². The molecule has 3 aromatic carbocycles. The number of carbonyl (C=O) groups excluding carboxylic acids is 1. The van der Waals surface area contributed by atoms with Crippen molar-refractivity contribution in [2.24, 2.45) is 0 Å². The van der Waals surface area contributed by atoms with Gasteiger partial charge in [-0.1, -0.05) is 17.7 Å². The Hall–Kier alpha value is -3.18. The van der Waals surface area contributed by atoms with Crippen LogP contribution < -0.4 is 5.32 Å². The van der Waals surface area contributed by atoms with E-state index in [2.05, 4.69) is 10.3 Å². The first-order valence-electron chi connectivity index (χ1n) is 8.23. The Morgan fingerprint density at radius 2 is 1.85 bits per heavy atom. The lowest BCUT2D eigenvalue weighted by Gasteiger charge is -2.07. The maximum atomic E-state index is 13.0.